The van der Waals surface area contributed by atoms with E-state index in [9.17, 15) is 14.0 Å². The highest BCUT2D eigenvalue weighted by atomic mass is 19.1. The van der Waals surface area contributed by atoms with Gasteiger partial charge in [-0.25, -0.2) is 9.18 Å². The highest BCUT2D eigenvalue weighted by molar-refractivity contribution is 6.06. The van der Waals surface area contributed by atoms with Gasteiger partial charge in [-0.1, -0.05) is 24.3 Å². The lowest BCUT2D eigenvalue weighted by molar-refractivity contribution is -0.139. The molecule has 0 atom stereocenters. The molecule has 0 saturated carbocycles. The van der Waals surface area contributed by atoms with Gasteiger partial charge in [0, 0.05) is 24.3 Å². The van der Waals surface area contributed by atoms with Gasteiger partial charge in [0.1, 0.15) is 12.4 Å². The van der Waals surface area contributed by atoms with Gasteiger partial charge in [0.25, 0.3) is 5.91 Å². The fourth-order valence-electron chi connectivity index (χ4n) is 3.69. The Bertz CT molecular complexity index is 1120. The van der Waals surface area contributed by atoms with Gasteiger partial charge in [-0.15, -0.1) is 0 Å². The van der Waals surface area contributed by atoms with E-state index in [1.54, 1.807) is 17.0 Å². The van der Waals surface area contributed by atoms with Gasteiger partial charge in [-0.3, -0.25) is 4.79 Å². The number of anilines is 2. The maximum atomic E-state index is 13.4. The molecule has 1 amide bonds. The molecule has 0 aromatic heterocycles. The van der Waals surface area contributed by atoms with E-state index in [-0.39, 0.29) is 5.91 Å². The molecule has 7 nitrogen and oxygen atoms in total. The third-order valence-electron chi connectivity index (χ3n) is 5.26. The second-order valence-electron chi connectivity index (χ2n) is 7.42. The van der Waals surface area contributed by atoms with E-state index in [0.29, 0.717) is 43.3 Å². The maximum absolute atomic E-state index is 13.4. The van der Waals surface area contributed by atoms with Gasteiger partial charge < -0.3 is 24.4 Å². The van der Waals surface area contributed by atoms with Crippen LogP contribution in [-0.2, 0) is 4.79 Å². The SMILES string of the molecule is O=C(O)COc1cccc2c1OCCN2CCN(C(=O)c1ccc(F)cc1)c1ccccc1. The van der Waals surface area contributed by atoms with Gasteiger partial charge in [0.05, 0.1) is 12.2 Å². The van der Waals surface area contributed by atoms with Crippen molar-refractivity contribution < 1.29 is 28.6 Å². The molecule has 4 rings (SSSR count). The zero-order valence-electron chi connectivity index (χ0n) is 17.8. The van der Waals surface area contributed by atoms with Gasteiger partial charge in [-0.05, 0) is 48.5 Å². The molecule has 0 saturated heterocycles. The fourth-order valence-corrected chi connectivity index (χ4v) is 3.69. The van der Waals surface area contributed by atoms with E-state index in [2.05, 4.69) is 4.90 Å². The second-order valence-corrected chi connectivity index (χ2v) is 7.42. The number of fused-ring (bicyclic) bond motifs is 1. The van der Waals surface area contributed by atoms with Crippen LogP contribution in [0.15, 0.2) is 72.8 Å². The number of benzene rings is 3. The summed E-state index contributed by atoms with van der Waals surface area (Å²) in [4.78, 5) is 27.9. The van der Waals surface area contributed by atoms with Crippen LogP contribution in [0.3, 0.4) is 0 Å². The number of rotatable bonds is 8. The summed E-state index contributed by atoms with van der Waals surface area (Å²) < 4.78 is 24.5. The van der Waals surface area contributed by atoms with Crippen molar-refractivity contribution in [3.8, 4) is 11.5 Å². The van der Waals surface area contributed by atoms with Crippen molar-refractivity contribution in [3.63, 3.8) is 0 Å². The molecule has 0 fully saturated rings. The van der Waals surface area contributed by atoms with Crippen LogP contribution >= 0.6 is 0 Å². The van der Waals surface area contributed by atoms with Gasteiger partial charge in [-0.2, -0.15) is 0 Å². The van der Waals surface area contributed by atoms with Crippen LogP contribution in [0.5, 0.6) is 11.5 Å². The number of carbonyl (C=O) groups is 2. The Morgan fingerprint density at radius 1 is 1.03 bits per heavy atom. The molecule has 3 aromatic carbocycles. The molecule has 3 aromatic rings. The number of halogens is 1. The number of ether oxygens (including phenoxy) is 2. The fraction of sp³-hybridized carbons (Fsp3) is 0.200. The van der Waals surface area contributed by atoms with E-state index in [4.69, 9.17) is 14.6 Å². The lowest BCUT2D eigenvalue weighted by atomic mass is 10.1. The van der Waals surface area contributed by atoms with Gasteiger partial charge in [0.2, 0.25) is 0 Å². The maximum Gasteiger partial charge on any atom is 0.341 e. The molecule has 0 aliphatic carbocycles. The largest absolute Gasteiger partial charge is 0.486 e. The predicted molar refractivity (Wildman–Crippen MR) is 122 cm³/mol. The van der Waals surface area contributed by atoms with Crippen molar-refractivity contribution in [1.29, 1.82) is 0 Å². The van der Waals surface area contributed by atoms with Crippen LogP contribution in [0.25, 0.3) is 0 Å². The Balaban J connectivity index is 1.55. The van der Waals surface area contributed by atoms with Gasteiger partial charge in [0.15, 0.2) is 18.1 Å². The number of carboxylic acid groups (broad SMARTS) is 1. The first-order valence-electron chi connectivity index (χ1n) is 10.5. The lowest BCUT2D eigenvalue weighted by Crippen LogP contribution is -2.41. The van der Waals surface area contributed by atoms with Crippen LogP contribution in [0.4, 0.5) is 15.8 Å². The molecular formula is C25H23FN2O5. The average molecular weight is 450 g/mol. The first-order valence-corrected chi connectivity index (χ1v) is 10.5. The number of amides is 1. The summed E-state index contributed by atoms with van der Waals surface area (Å²) in [5, 5.41) is 8.91. The first kappa shape index (κ1) is 22.1. The highest BCUT2D eigenvalue weighted by Crippen LogP contribution is 2.39. The van der Waals surface area contributed by atoms with E-state index in [0.717, 1.165) is 11.4 Å². The molecule has 1 aliphatic rings. The molecule has 33 heavy (non-hydrogen) atoms. The molecular weight excluding hydrogens is 427 g/mol. The van der Waals surface area contributed by atoms with Gasteiger partial charge >= 0.3 is 5.97 Å². The van der Waals surface area contributed by atoms with Crippen LogP contribution < -0.4 is 19.3 Å². The molecule has 1 heterocycles. The molecule has 0 spiro atoms. The van der Waals surface area contributed by atoms with Crippen molar-refractivity contribution in [2.45, 2.75) is 0 Å². The molecule has 0 unspecified atom stereocenters. The van der Waals surface area contributed by atoms with Crippen LogP contribution in [-0.4, -0.2) is 49.8 Å². The van der Waals surface area contributed by atoms with E-state index in [1.165, 1.54) is 24.3 Å². The zero-order chi connectivity index (χ0) is 23.2. The summed E-state index contributed by atoms with van der Waals surface area (Å²) in [6.45, 7) is 1.41. The normalized spacial score (nSPS) is 12.5. The summed E-state index contributed by atoms with van der Waals surface area (Å²) in [6.07, 6.45) is 0. The first-order chi connectivity index (χ1) is 16.0. The molecule has 1 aliphatic heterocycles. The Morgan fingerprint density at radius 3 is 2.52 bits per heavy atom. The smallest absolute Gasteiger partial charge is 0.341 e. The number of carboxylic acids is 1. The Labute approximate surface area is 190 Å². The van der Waals surface area contributed by atoms with Crippen molar-refractivity contribution in [2.75, 3.05) is 42.6 Å². The monoisotopic (exact) mass is 450 g/mol. The van der Waals surface area contributed by atoms with Crippen molar-refractivity contribution in [3.05, 3.63) is 84.2 Å². The molecule has 170 valence electrons. The summed E-state index contributed by atoms with van der Waals surface area (Å²) in [6, 6.07) is 20.1. The number of carbonyl (C=O) groups excluding carboxylic acids is 1. The number of nitrogens with zero attached hydrogens (tertiary/aromatic N) is 2. The summed E-state index contributed by atoms with van der Waals surface area (Å²) in [5.74, 6) is -0.849. The highest BCUT2D eigenvalue weighted by Gasteiger charge is 2.24. The van der Waals surface area contributed by atoms with E-state index >= 15 is 0 Å². The Kier molecular flexibility index (Phi) is 6.73. The number of hydrogen-bond acceptors (Lipinski definition) is 5. The molecule has 0 radical (unpaired) electrons. The minimum Gasteiger partial charge on any atom is -0.486 e. The minimum atomic E-state index is -1.07. The summed E-state index contributed by atoms with van der Waals surface area (Å²) in [5.41, 5.74) is 1.90. The van der Waals surface area contributed by atoms with Crippen LogP contribution in [0.2, 0.25) is 0 Å². The van der Waals surface area contributed by atoms with E-state index in [1.807, 2.05) is 36.4 Å². The number of para-hydroxylation sites is 2. The third kappa shape index (κ3) is 5.23. The van der Waals surface area contributed by atoms with Crippen molar-refractivity contribution in [2.24, 2.45) is 0 Å². The Hall–Kier alpha value is -4.07. The number of hydrogen-bond donors (Lipinski definition) is 1. The van der Waals surface area contributed by atoms with Crippen LogP contribution in [0, 0.1) is 5.82 Å². The lowest BCUT2D eigenvalue weighted by Gasteiger charge is -2.34. The molecule has 1 N–H and O–H groups in total. The third-order valence-corrected chi connectivity index (χ3v) is 5.26. The molecule has 8 heteroatoms. The standard InChI is InChI=1S/C25H23FN2O5/c26-19-11-9-18(10-12-19)25(31)28(20-5-2-1-3-6-20)14-13-27-15-16-32-24-21(27)7-4-8-22(24)33-17-23(29)30/h1-12H,13-17H2,(H,29,30). The van der Waals surface area contributed by atoms with Crippen molar-refractivity contribution >= 4 is 23.3 Å². The quantitative estimate of drug-likeness (QED) is 0.562. The topological polar surface area (TPSA) is 79.3 Å². The zero-order valence-corrected chi connectivity index (χ0v) is 17.8. The summed E-state index contributed by atoms with van der Waals surface area (Å²) >= 11 is 0. The summed E-state index contributed by atoms with van der Waals surface area (Å²) in [7, 11) is 0. The minimum absolute atomic E-state index is 0.228. The van der Waals surface area contributed by atoms with E-state index < -0.39 is 18.4 Å². The van der Waals surface area contributed by atoms with Crippen LogP contribution in [0.1, 0.15) is 10.4 Å². The number of aliphatic carboxylic acids is 1. The average Bonchev–Trinajstić information content (AvgIpc) is 2.84. The second kappa shape index (κ2) is 10.0. The molecule has 0 bridgehead atoms. The van der Waals surface area contributed by atoms with Crippen molar-refractivity contribution in [1.82, 2.24) is 0 Å². The predicted octanol–water partition coefficient (Wildman–Crippen LogP) is 3.83. The Morgan fingerprint density at radius 2 is 1.79 bits per heavy atom.